The maximum absolute atomic E-state index is 11.7. The lowest BCUT2D eigenvalue weighted by Gasteiger charge is -2.23. The Labute approximate surface area is 95.5 Å². The Kier molecular flexibility index (Phi) is 6.05. The number of amides is 1. The molecule has 5 heteroatoms. The summed E-state index contributed by atoms with van der Waals surface area (Å²) in [6.07, 6.45) is 0.0928. The first kappa shape index (κ1) is 12.8. The molecular formula is C10H20N2O2S. The average molecular weight is 232 g/mol. The van der Waals surface area contributed by atoms with Crippen LogP contribution in [0.3, 0.4) is 0 Å². The van der Waals surface area contributed by atoms with Crippen LogP contribution in [0.25, 0.3) is 0 Å². The Bertz CT molecular complexity index is 196. The van der Waals surface area contributed by atoms with Crippen molar-refractivity contribution in [2.75, 3.05) is 31.2 Å². The summed E-state index contributed by atoms with van der Waals surface area (Å²) in [5, 5.41) is 6.10. The largest absolute Gasteiger partial charge is 0.377 e. The van der Waals surface area contributed by atoms with Crippen molar-refractivity contribution in [1.82, 2.24) is 10.6 Å². The van der Waals surface area contributed by atoms with Crippen molar-refractivity contribution >= 4 is 17.7 Å². The van der Waals surface area contributed by atoms with Gasteiger partial charge in [0, 0.05) is 31.2 Å². The van der Waals surface area contributed by atoms with Crippen LogP contribution in [0.2, 0.25) is 0 Å². The lowest BCUT2D eigenvalue weighted by Crippen LogP contribution is -2.50. The fourth-order valence-electron chi connectivity index (χ4n) is 1.44. The van der Waals surface area contributed by atoms with Crippen LogP contribution in [-0.4, -0.2) is 49.3 Å². The number of carbonyl (C=O) groups is 1. The summed E-state index contributed by atoms with van der Waals surface area (Å²) in [7, 11) is 0. The van der Waals surface area contributed by atoms with Gasteiger partial charge in [0.05, 0.1) is 12.1 Å². The van der Waals surface area contributed by atoms with Crippen LogP contribution in [0.1, 0.15) is 13.8 Å². The van der Waals surface area contributed by atoms with Gasteiger partial charge in [0.1, 0.15) is 0 Å². The van der Waals surface area contributed by atoms with Crippen LogP contribution in [-0.2, 0) is 9.53 Å². The van der Waals surface area contributed by atoms with E-state index in [1.165, 1.54) is 0 Å². The summed E-state index contributed by atoms with van der Waals surface area (Å²) in [6.45, 7) is 6.12. The monoisotopic (exact) mass is 232 g/mol. The summed E-state index contributed by atoms with van der Waals surface area (Å²) < 4.78 is 5.34. The minimum atomic E-state index is -0.0300. The molecule has 2 atom stereocenters. The molecule has 1 amide bonds. The highest BCUT2D eigenvalue weighted by Gasteiger charge is 2.20. The quantitative estimate of drug-likeness (QED) is 0.712. The lowest BCUT2D eigenvalue weighted by molar-refractivity contribution is -0.123. The van der Waals surface area contributed by atoms with E-state index >= 15 is 0 Å². The summed E-state index contributed by atoms with van der Waals surface area (Å²) in [5.74, 6) is 2.06. The minimum absolute atomic E-state index is 0.0300. The molecule has 0 radical (unpaired) electrons. The van der Waals surface area contributed by atoms with Crippen LogP contribution in [0, 0.1) is 0 Å². The summed E-state index contributed by atoms with van der Waals surface area (Å²) in [4.78, 5) is 11.7. The second-order valence-corrected chi connectivity index (χ2v) is 4.74. The molecule has 2 N–H and O–H groups in total. The number of thioether (sulfide) groups is 1. The van der Waals surface area contributed by atoms with E-state index in [2.05, 4.69) is 10.6 Å². The van der Waals surface area contributed by atoms with Crippen molar-refractivity contribution in [2.24, 2.45) is 0 Å². The van der Waals surface area contributed by atoms with E-state index in [1.807, 2.05) is 25.6 Å². The van der Waals surface area contributed by atoms with Crippen molar-refractivity contribution in [3.05, 3.63) is 0 Å². The predicted molar refractivity (Wildman–Crippen MR) is 63.2 cm³/mol. The van der Waals surface area contributed by atoms with Crippen LogP contribution >= 0.6 is 11.8 Å². The topological polar surface area (TPSA) is 50.4 Å². The van der Waals surface area contributed by atoms with Crippen molar-refractivity contribution in [1.29, 1.82) is 0 Å². The van der Waals surface area contributed by atoms with E-state index in [9.17, 15) is 4.79 Å². The molecule has 0 spiro atoms. The van der Waals surface area contributed by atoms with Gasteiger partial charge in [-0.1, -0.05) is 0 Å². The van der Waals surface area contributed by atoms with E-state index in [4.69, 9.17) is 4.74 Å². The first-order valence-corrected chi connectivity index (χ1v) is 6.60. The van der Waals surface area contributed by atoms with Crippen LogP contribution in [0.15, 0.2) is 0 Å². The van der Waals surface area contributed by atoms with E-state index in [-0.39, 0.29) is 18.1 Å². The van der Waals surface area contributed by atoms with Crippen molar-refractivity contribution in [3.8, 4) is 0 Å². The molecule has 0 aromatic carbocycles. The SMILES string of the molecule is CCOC(C)CNC(=O)C1CSCCN1. The van der Waals surface area contributed by atoms with E-state index in [0.717, 1.165) is 18.1 Å². The molecule has 0 aliphatic carbocycles. The number of rotatable bonds is 5. The van der Waals surface area contributed by atoms with E-state index < -0.39 is 0 Å². The Morgan fingerprint density at radius 1 is 1.73 bits per heavy atom. The third kappa shape index (κ3) is 4.86. The van der Waals surface area contributed by atoms with Gasteiger partial charge in [0.2, 0.25) is 5.91 Å². The molecule has 1 aliphatic heterocycles. The molecule has 15 heavy (non-hydrogen) atoms. The maximum Gasteiger partial charge on any atom is 0.238 e. The van der Waals surface area contributed by atoms with Gasteiger partial charge in [0.25, 0.3) is 0 Å². The van der Waals surface area contributed by atoms with Crippen LogP contribution < -0.4 is 10.6 Å². The molecule has 2 unspecified atom stereocenters. The first-order valence-electron chi connectivity index (χ1n) is 5.44. The van der Waals surface area contributed by atoms with Gasteiger partial charge in [-0.3, -0.25) is 4.79 Å². The first-order chi connectivity index (χ1) is 7.24. The summed E-state index contributed by atoms with van der Waals surface area (Å²) >= 11 is 1.82. The average Bonchev–Trinajstić information content (AvgIpc) is 2.27. The highest BCUT2D eigenvalue weighted by Crippen LogP contribution is 2.07. The zero-order valence-corrected chi connectivity index (χ0v) is 10.2. The third-order valence-corrected chi connectivity index (χ3v) is 3.31. The zero-order valence-electron chi connectivity index (χ0n) is 9.41. The highest BCUT2D eigenvalue weighted by atomic mass is 32.2. The fourth-order valence-corrected chi connectivity index (χ4v) is 2.38. The Morgan fingerprint density at radius 3 is 3.13 bits per heavy atom. The highest BCUT2D eigenvalue weighted by molar-refractivity contribution is 7.99. The maximum atomic E-state index is 11.7. The van der Waals surface area contributed by atoms with Crippen molar-refractivity contribution < 1.29 is 9.53 Å². The number of nitrogens with one attached hydrogen (secondary N) is 2. The lowest BCUT2D eigenvalue weighted by atomic mass is 10.3. The molecule has 1 saturated heterocycles. The fraction of sp³-hybridized carbons (Fsp3) is 0.900. The molecule has 4 nitrogen and oxygen atoms in total. The van der Waals surface area contributed by atoms with Gasteiger partial charge in [-0.2, -0.15) is 11.8 Å². The minimum Gasteiger partial charge on any atom is -0.377 e. The molecule has 1 fully saturated rings. The Morgan fingerprint density at radius 2 is 2.53 bits per heavy atom. The molecule has 1 rings (SSSR count). The van der Waals surface area contributed by atoms with Gasteiger partial charge >= 0.3 is 0 Å². The predicted octanol–water partition coefficient (Wildman–Crippen LogP) is 0.233. The third-order valence-electron chi connectivity index (χ3n) is 2.25. The number of ether oxygens (including phenoxy) is 1. The normalized spacial score (nSPS) is 23.5. The summed E-state index contributed by atoms with van der Waals surface area (Å²) in [5.41, 5.74) is 0. The smallest absolute Gasteiger partial charge is 0.238 e. The number of hydrogen-bond acceptors (Lipinski definition) is 4. The number of carbonyl (C=O) groups excluding carboxylic acids is 1. The van der Waals surface area contributed by atoms with Crippen LogP contribution in [0.4, 0.5) is 0 Å². The van der Waals surface area contributed by atoms with E-state index in [0.29, 0.717) is 13.2 Å². The Hall–Kier alpha value is -0.260. The number of hydrogen-bond donors (Lipinski definition) is 2. The van der Waals surface area contributed by atoms with Gasteiger partial charge in [-0.25, -0.2) is 0 Å². The van der Waals surface area contributed by atoms with Gasteiger partial charge in [0.15, 0.2) is 0 Å². The standard InChI is InChI=1S/C10H20N2O2S/c1-3-14-8(2)6-12-10(13)9-7-15-5-4-11-9/h8-9,11H,3-7H2,1-2H3,(H,12,13). The van der Waals surface area contributed by atoms with Gasteiger partial charge < -0.3 is 15.4 Å². The molecule has 0 aromatic rings. The van der Waals surface area contributed by atoms with Crippen molar-refractivity contribution in [3.63, 3.8) is 0 Å². The van der Waals surface area contributed by atoms with Crippen molar-refractivity contribution in [2.45, 2.75) is 26.0 Å². The second-order valence-electron chi connectivity index (χ2n) is 3.59. The summed E-state index contributed by atoms with van der Waals surface area (Å²) in [6, 6.07) is -0.0300. The molecule has 1 heterocycles. The molecule has 0 aromatic heterocycles. The molecule has 0 saturated carbocycles. The van der Waals surface area contributed by atoms with E-state index in [1.54, 1.807) is 0 Å². The molecule has 88 valence electrons. The zero-order chi connectivity index (χ0) is 11.1. The second kappa shape index (κ2) is 7.09. The molecule has 0 bridgehead atoms. The molecule has 1 aliphatic rings. The molecular weight excluding hydrogens is 212 g/mol. The van der Waals surface area contributed by atoms with Gasteiger partial charge in [-0.15, -0.1) is 0 Å². The van der Waals surface area contributed by atoms with Gasteiger partial charge in [-0.05, 0) is 13.8 Å². The van der Waals surface area contributed by atoms with Crippen LogP contribution in [0.5, 0.6) is 0 Å². The Balaban J connectivity index is 2.16.